The van der Waals surface area contributed by atoms with Crippen LogP contribution in [0.1, 0.15) is 13.3 Å². The molecule has 2 fully saturated rings. The highest BCUT2D eigenvalue weighted by Crippen LogP contribution is 2.44. The largest absolute Gasteiger partial charge is 0.489 e. The van der Waals surface area contributed by atoms with Gasteiger partial charge in [0, 0.05) is 42.7 Å². The van der Waals surface area contributed by atoms with Gasteiger partial charge in [0.05, 0.1) is 17.9 Å². The molecular formula is C21H22ClFN4O2. The van der Waals surface area contributed by atoms with Gasteiger partial charge in [0.2, 0.25) is 0 Å². The lowest BCUT2D eigenvalue weighted by Crippen LogP contribution is -2.74. The Balaban J connectivity index is 1.26. The third-order valence-corrected chi connectivity index (χ3v) is 6.30. The number of benzene rings is 1. The molecule has 8 heteroatoms. The summed E-state index contributed by atoms with van der Waals surface area (Å²) < 4.78 is 18.9. The number of nitrogens with zero attached hydrogens (tertiary/aromatic N) is 4. The minimum Gasteiger partial charge on any atom is -0.489 e. The fourth-order valence-electron chi connectivity index (χ4n) is 4.55. The molecule has 1 atom stereocenters. The van der Waals surface area contributed by atoms with Gasteiger partial charge in [0.15, 0.2) is 0 Å². The van der Waals surface area contributed by atoms with Crippen LogP contribution in [0.4, 0.5) is 20.7 Å². The first-order valence-electron chi connectivity index (χ1n) is 9.85. The Morgan fingerprint density at radius 2 is 2.07 bits per heavy atom. The zero-order valence-corrected chi connectivity index (χ0v) is 16.9. The van der Waals surface area contributed by atoms with E-state index in [-0.39, 0.29) is 23.3 Å². The van der Waals surface area contributed by atoms with Crippen molar-refractivity contribution in [3.63, 3.8) is 0 Å². The number of aromatic nitrogens is 1. The molecule has 0 radical (unpaired) electrons. The summed E-state index contributed by atoms with van der Waals surface area (Å²) in [4.78, 5) is 23.3. The molecule has 1 unspecified atom stereocenters. The van der Waals surface area contributed by atoms with Gasteiger partial charge in [-0.05, 0) is 30.7 Å². The molecular weight excluding hydrogens is 395 g/mol. The van der Waals surface area contributed by atoms with Crippen LogP contribution < -0.4 is 14.5 Å². The Kier molecular flexibility index (Phi) is 4.31. The molecule has 0 aliphatic carbocycles. The van der Waals surface area contributed by atoms with E-state index in [1.54, 1.807) is 18.2 Å². The Morgan fingerprint density at radius 3 is 2.76 bits per heavy atom. The quantitative estimate of drug-likeness (QED) is 0.747. The second kappa shape index (κ2) is 6.76. The van der Waals surface area contributed by atoms with Crippen LogP contribution in [-0.2, 0) is 0 Å². The van der Waals surface area contributed by atoms with Crippen molar-refractivity contribution >= 4 is 29.1 Å². The van der Waals surface area contributed by atoms with E-state index < -0.39 is 0 Å². The molecule has 0 bridgehead atoms. The number of ether oxygens (including phenoxy) is 1. The average Bonchev–Trinajstić information content (AvgIpc) is 2.65. The maximum atomic E-state index is 13.3. The maximum absolute atomic E-state index is 13.3. The first kappa shape index (κ1) is 18.5. The zero-order chi connectivity index (χ0) is 20.2. The number of urea groups is 1. The van der Waals surface area contributed by atoms with Crippen molar-refractivity contribution in [2.75, 3.05) is 42.6 Å². The summed E-state index contributed by atoms with van der Waals surface area (Å²) in [6, 6.07) is 8.57. The number of hydrogen-bond donors (Lipinski definition) is 0. The molecule has 1 aromatic heterocycles. The van der Waals surface area contributed by atoms with Crippen LogP contribution in [0.2, 0.25) is 5.02 Å². The van der Waals surface area contributed by atoms with Crippen LogP contribution in [0.3, 0.4) is 0 Å². The molecule has 1 aromatic carbocycles. The molecule has 1 spiro atoms. The van der Waals surface area contributed by atoms with E-state index >= 15 is 0 Å². The predicted molar refractivity (Wildman–Crippen MR) is 109 cm³/mol. The van der Waals surface area contributed by atoms with Gasteiger partial charge in [-0.1, -0.05) is 18.5 Å². The molecule has 152 valence electrons. The number of amides is 2. The molecule has 0 saturated carbocycles. The molecule has 29 heavy (non-hydrogen) atoms. The van der Waals surface area contributed by atoms with Crippen LogP contribution in [0.15, 0.2) is 36.5 Å². The second-order valence-corrected chi connectivity index (χ2v) is 8.62. The molecule has 2 saturated heterocycles. The second-order valence-electron chi connectivity index (χ2n) is 8.18. The van der Waals surface area contributed by atoms with Crippen molar-refractivity contribution in [3.05, 3.63) is 47.4 Å². The Bertz CT molecular complexity index is 940. The van der Waals surface area contributed by atoms with Crippen molar-refractivity contribution in [1.82, 2.24) is 9.88 Å². The summed E-state index contributed by atoms with van der Waals surface area (Å²) in [6.07, 6.45) is 2.06. The molecule has 2 amide bonds. The van der Waals surface area contributed by atoms with E-state index in [1.165, 1.54) is 12.3 Å². The van der Waals surface area contributed by atoms with Crippen molar-refractivity contribution in [2.45, 2.75) is 19.4 Å². The summed E-state index contributed by atoms with van der Waals surface area (Å²) >= 11 is 6.09. The van der Waals surface area contributed by atoms with Crippen molar-refractivity contribution in [1.29, 1.82) is 0 Å². The van der Waals surface area contributed by atoms with E-state index in [1.807, 2.05) is 15.9 Å². The van der Waals surface area contributed by atoms with Crippen LogP contribution in [0, 0.1) is 11.2 Å². The van der Waals surface area contributed by atoms with E-state index in [9.17, 15) is 9.18 Å². The molecule has 0 N–H and O–H groups in total. The fraction of sp³-hybridized carbons (Fsp3) is 0.429. The minimum atomic E-state index is -0.332. The highest BCUT2D eigenvalue weighted by Gasteiger charge is 2.54. The van der Waals surface area contributed by atoms with Crippen LogP contribution in [0.5, 0.6) is 5.75 Å². The first-order chi connectivity index (χ1) is 14.0. The first-order valence-corrected chi connectivity index (χ1v) is 10.2. The number of hydrogen-bond acceptors (Lipinski definition) is 4. The predicted octanol–water partition coefficient (Wildman–Crippen LogP) is 3.79. The van der Waals surface area contributed by atoms with Gasteiger partial charge in [-0.25, -0.2) is 14.2 Å². The van der Waals surface area contributed by atoms with Crippen LogP contribution in [-0.4, -0.2) is 54.7 Å². The van der Waals surface area contributed by atoms with Gasteiger partial charge in [-0.3, -0.25) is 4.90 Å². The lowest BCUT2D eigenvalue weighted by Gasteiger charge is -2.61. The molecule has 2 aromatic rings. The molecule has 3 aliphatic heterocycles. The van der Waals surface area contributed by atoms with Gasteiger partial charge in [0.25, 0.3) is 0 Å². The monoisotopic (exact) mass is 416 g/mol. The van der Waals surface area contributed by atoms with E-state index in [2.05, 4.69) is 16.8 Å². The number of carbonyl (C=O) groups excluding carboxylic acids is 1. The standard InChI is InChI=1S/C21H22ClFN4O2/c1-2-16-9-29-18-7-14(22)3-5-17(18)27(16)20(28)26-12-21(13-26)10-25(11-21)19-6-4-15(23)8-24-19/h3-8,16H,2,9-13H2,1H3. The number of carbonyl (C=O) groups is 1. The Morgan fingerprint density at radius 1 is 1.28 bits per heavy atom. The number of rotatable bonds is 2. The fourth-order valence-corrected chi connectivity index (χ4v) is 4.71. The van der Waals surface area contributed by atoms with Gasteiger partial charge < -0.3 is 14.5 Å². The van der Waals surface area contributed by atoms with E-state index in [0.717, 1.165) is 44.1 Å². The molecule has 5 rings (SSSR count). The SMILES string of the molecule is CCC1COc2cc(Cl)ccc2N1C(=O)N1CC2(C1)CN(c1ccc(F)cn1)C2. The maximum Gasteiger partial charge on any atom is 0.325 e. The van der Waals surface area contributed by atoms with E-state index in [0.29, 0.717) is 17.4 Å². The topological polar surface area (TPSA) is 48.9 Å². The zero-order valence-electron chi connectivity index (χ0n) is 16.1. The molecule has 3 aliphatic rings. The summed E-state index contributed by atoms with van der Waals surface area (Å²) in [7, 11) is 0. The third kappa shape index (κ3) is 3.08. The lowest BCUT2D eigenvalue weighted by atomic mass is 9.73. The summed E-state index contributed by atoms with van der Waals surface area (Å²) in [5.74, 6) is 1.11. The van der Waals surface area contributed by atoms with Gasteiger partial charge >= 0.3 is 6.03 Å². The Hall–Kier alpha value is -2.54. The number of anilines is 2. The number of likely N-dealkylation sites (tertiary alicyclic amines) is 1. The Labute approximate surface area is 173 Å². The van der Waals surface area contributed by atoms with Gasteiger partial charge in [-0.15, -0.1) is 0 Å². The van der Waals surface area contributed by atoms with E-state index in [4.69, 9.17) is 16.3 Å². The highest BCUT2D eigenvalue weighted by molar-refractivity contribution is 6.30. The summed E-state index contributed by atoms with van der Waals surface area (Å²) in [5, 5.41) is 0.595. The number of pyridine rings is 1. The normalized spacial score (nSPS) is 21.9. The number of fused-ring (bicyclic) bond motifs is 1. The molecule has 4 heterocycles. The molecule has 6 nitrogen and oxygen atoms in total. The average molecular weight is 417 g/mol. The van der Waals surface area contributed by atoms with Crippen molar-refractivity contribution < 1.29 is 13.9 Å². The van der Waals surface area contributed by atoms with Crippen LogP contribution in [0.25, 0.3) is 0 Å². The van der Waals surface area contributed by atoms with Crippen molar-refractivity contribution in [2.24, 2.45) is 5.41 Å². The smallest absolute Gasteiger partial charge is 0.325 e. The van der Waals surface area contributed by atoms with Gasteiger partial charge in [-0.2, -0.15) is 0 Å². The minimum absolute atomic E-state index is 0.00836. The van der Waals surface area contributed by atoms with Gasteiger partial charge in [0.1, 0.15) is 24.0 Å². The summed E-state index contributed by atoms with van der Waals surface area (Å²) in [5.41, 5.74) is 0.895. The van der Waals surface area contributed by atoms with Crippen LogP contribution >= 0.6 is 11.6 Å². The lowest BCUT2D eigenvalue weighted by molar-refractivity contribution is 0.00838. The highest BCUT2D eigenvalue weighted by atomic mass is 35.5. The summed E-state index contributed by atoms with van der Waals surface area (Å²) in [6.45, 7) is 5.65. The van der Waals surface area contributed by atoms with Crippen molar-refractivity contribution in [3.8, 4) is 5.75 Å². The third-order valence-electron chi connectivity index (χ3n) is 6.07. The number of halogens is 2.